The monoisotopic (exact) mass is 296 g/mol. The molecule has 0 fully saturated rings. The zero-order valence-corrected chi connectivity index (χ0v) is 13.6. The molecule has 3 aromatic rings. The molecule has 0 aliphatic carbocycles. The first-order valence-electron chi connectivity index (χ1n) is 8.14. The van der Waals surface area contributed by atoms with E-state index in [2.05, 4.69) is 60.6 Å². The SMILES string of the molecule is CCN(CC)Cc1cc2c(cc1O)c1ccccc1n2CC. The van der Waals surface area contributed by atoms with Gasteiger partial charge in [0.05, 0.1) is 0 Å². The molecule has 0 aliphatic heterocycles. The van der Waals surface area contributed by atoms with E-state index in [1.165, 1.54) is 16.4 Å². The molecule has 0 amide bonds. The van der Waals surface area contributed by atoms with Crippen LogP contribution in [-0.2, 0) is 13.1 Å². The van der Waals surface area contributed by atoms with Crippen LogP contribution in [0.1, 0.15) is 26.3 Å². The first-order valence-corrected chi connectivity index (χ1v) is 8.14. The molecule has 3 nitrogen and oxygen atoms in total. The van der Waals surface area contributed by atoms with Crippen LogP contribution in [0.2, 0.25) is 0 Å². The molecule has 1 aromatic heterocycles. The van der Waals surface area contributed by atoms with Gasteiger partial charge in [-0.2, -0.15) is 0 Å². The van der Waals surface area contributed by atoms with Crippen molar-refractivity contribution < 1.29 is 5.11 Å². The number of phenols is 1. The smallest absolute Gasteiger partial charge is 0.120 e. The van der Waals surface area contributed by atoms with E-state index in [1.807, 2.05) is 6.07 Å². The molecular weight excluding hydrogens is 272 g/mol. The Morgan fingerprint density at radius 3 is 2.36 bits per heavy atom. The van der Waals surface area contributed by atoms with E-state index in [-0.39, 0.29) is 0 Å². The quantitative estimate of drug-likeness (QED) is 0.757. The summed E-state index contributed by atoms with van der Waals surface area (Å²) in [5.74, 6) is 0.401. The number of aryl methyl sites for hydroxylation is 1. The van der Waals surface area contributed by atoms with Crippen molar-refractivity contribution in [1.29, 1.82) is 0 Å². The first kappa shape index (κ1) is 14.9. The zero-order chi connectivity index (χ0) is 15.7. The van der Waals surface area contributed by atoms with Crippen molar-refractivity contribution >= 4 is 21.8 Å². The van der Waals surface area contributed by atoms with Crippen LogP contribution < -0.4 is 0 Å². The maximum absolute atomic E-state index is 10.5. The maximum atomic E-state index is 10.5. The van der Waals surface area contributed by atoms with E-state index in [9.17, 15) is 5.11 Å². The fraction of sp³-hybridized carbons (Fsp3) is 0.368. The van der Waals surface area contributed by atoms with Gasteiger partial charge in [0.1, 0.15) is 5.75 Å². The summed E-state index contributed by atoms with van der Waals surface area (Å²) < 4.78 is 2.33. The van der Waals surface area contributed by atoms with Gasteiger partial charge in [-0.25, -0.2) is 0 Å². The highest BCUT2D eigenvalue weighted by atomic mass is 16.3. The predicted molar refractivity (Wildman–Crippen MR) is 93.4 cm³/mol. The van der Waals surface area contributed by atoms with Crippen LogP contribution in [0.4, 0.5) is 0 Å². The molecule has 22 heavy (non-hydrogen) atoms. The highest BCUT2D eigenvalue weighted by molar-refractivity contribution is 6.08. The number of fused-ring (bicyclic) bond motifs is 3. The first-order chi connectivity index (χ1) is 10.7. The third kappa shape index (κ3) is 2.35. The topological polar surface area (TPSA) is 28.4 Å². The van der Waals surface area contributed by atoms with Gasteiger partial charge < -0.3 is 9.67 Å². The zero-order valence-electron chi connectivity index (χ0n) is 13.6. The summed E-state index contributed by atoms with van der Waals surface area (Å²) in [5, 5.41) is 12.8. The lowest BCUT2D eigenvalue weighted by Crippen LogP contribution is -2.22. The molecule has 1 N–H and O–H groups in total. The third-order valence-corrected chi connectivity index (χ3v) is 4.58. The molecule has 3 heteroatoms. The average Bonchev–Trinajstić information content (AvgIpc) is 2.85. The third-order valence-electron chi connectivity index (χ3n) is 4.58. The van der Waals surface area contributed by atoms with Crippen LogP contribution in [0.3, 0.4) is 0 Å². The van der Waals surface area contributed by atoms with E-state index in [1.54, 1.807) is 0 Å². The molecular formula is C19H24N2O. The average molecular weight is 296 g/mol. The standard InChI is InChI=1S/C19H24N2O/c1-4-20(5-2)13-14-11-18-16(12-19(14)22)15-9-7-8-10-17(15)21(18)6-3/h7-12,22H,4-6,13H2,1-3H3. The number of nitrogens with zero attached hydrogens (tertiary/aromatic N) is 2. The predicted octanol–water partition coefficient (Wildman–Crippen LogP) is 4.36. The number of aromatic hydroxyl groups is 1. The molecule has 0 atom stereocenters. The van der Waals surface area contributed by atoms with Gasteiger partial charge in [-0.3, -0.25) is 4.90 Å². The van der Waals surface area contributed by atoms with Crippen molar-refractivity contribution in [2.24, 2.45) is 0 Å². The molecule has 0 aliphatic rings. The Kier molecular flexibility index (Phi) is 4.08. The number of aromatic nitrogens is 1. The Balaban J connectivity index is 2.22. The molecule has 3 rings (SSSR count). The van der Waals surface area contributed by atoms with E-state index < -0.39 is 0 Å². The molecule has 1 heterocycles. The Morgan fingerprint density at radius 2 is 1.68 bits per heavy atom. The van der Waals surface area contributed by atoms with E-state index in [4.69, 9.17) is 0 Å². The van der Waals surface area contributed by atoms with Gasteiger partial charge in [-0.1, -0.05) is 32.0 Å². The molecule has 0 bridgehead atoms. The minimum Gasteiger partial charge on any atom is -0.508 e. The summed E-state index contributed by atoms with van der Waals surface area (Å²) in [5.41, 5.74) is 3.46. The second-order valence-corrected chi connectivity index (χ2v) is 5.72. The normalized spacial score (nSPS) is 11.8. The van der Waals surface area contributed by atoms with Gasteiger partial charge in [-0.05, 0) is 38.2 Å². The van der Waals surface area contributed by atoms with Crippen LogP contribution in [0.25, 0.3) is 21.8 Å². The second kappa shape index (κ2) is 6.01. The lowest BCUT2D eigenvalue weighted by molar-refractivity contribution is 0.291. The Bertz CT molecular complexity index is 800. The summed E-state index contributed by atoms with van der Waals surface area (Å²) in [7, 11) is 0. The van der Waals surface area contributed by atoms with Crippen molar-refractivity contribution in [3.8, 4) is 5.75 Å². The fourth-order valence-electron chi connectivity index (χ4n) is 3.28. The largest absolute Gasteiger partial charge is 0.508 e. The number of para-hydroxylation sites is 1. The summed E-state index contributed by atoms with van der Waals surface area (Å²) in [6.07, 6.45) is 0. The minimum atomic E-state index is 0.401. The van der Waals surface area contributed by atoms with Gasteiger partial charge in [0.15, 0.2) is 0 Å². The molecule has 2 aromatic carbocycles. The van der Waals surface area contributed by atoms with Crippen LogP contribution in [0.5, 0.6) is 5.75 Å². The molecule has 0 radical (unpaired) electrons. The molecule has 0 unspecified atom stereocenters. The van der Waals surface area contributed by atoms with Crippen LogP contribution in [-0.4, -0.2) is 27.7 Å². The highest BCUT2D eigenvalue weighted by Gasteiger charge is 2.14. The molecule has 0 saturated heterocycles. The number of hydrogen-bond donors (Lipinski definition) is 1. The van der Waals surface area contributed by atoms with Gasteiger partial charge in [0.2, 0.25) is 0 Å². The van der Waals surface area contributed by atoms with Gasteiger partial charge in [0.25, 0.3) is 0 Å². The summed E-state index contributed by atoms with van der Waals surface area (Å²) >= 11 is 0. The molecule has 116 valence electrons. The number of phenolic OH excluding ortho intramolecular Hbond substituents is 1. The van der Waals surface area contributed by atoms with Crippen molar-refractivity contribution in [1.82, 2.24) is 9.47 Å². The number of hydrogen-bond acceptors (Lipinski definition) is 2. The van der Waals surface area contributed by atoms with E-state index in [0.29, 0.717) is 5.75 Å². The van der Waals surface area contributed by atoms with Crippen LogP contribution >= 0.6 is 0 Å². The van der Waals surface area contributed by atoms with Crippen LogP contribution in [0.15, 0.2) is 36.4 Å². The fourth-order valence-corrected chi connectivity index (χ4v) is 3.28. The summed E-state index contributed by atoms with van der Waals surface area (Å²) in [6, 6.07) is 12.5. The summed E-state index contributed by atoms with van der Waals surface area (Å²) in [6.45, 7) is 10.2. The van der Waals surface area contributed by atoms with Gasteiger partial charge >= 0.3 is 0 Å². The van der Waals surface area contributed by atoms with Crippen molar-refractivity contribution in [2.45, 2.75) is 33.9 Å². The molecule has 0 saturated carbocycles. The van der Waals surface area contributed by atoms with Crippen molar-refractivity contribution in [3.05, 3.63) is 42.0 Å². The van der Waals surface area contributed by atoms with Gasteiger partial charge in [-0.15, -0.1) is 0 Å². The van der Waals surface area contributed by atoms with Gasteiger partial charge in [0, 0.05) is 40.5 Å². The lowest BCUT2D eigenvalue weighted by Gasteiger charge is -2.19. The van der Waals surface area contributed by atoms with Crippen molar-refractivity contribution in [2.75, 3.05) is 13.1 Å². The molecule has 0 spiro atoms. The van der Waals surface area contributed by atoms with E-state index in [0.717, 1.165) is 37.1 Å². The summed E-state index contributed by atoms with van der Waals surface area (Å²) in [4.78, 5) is 2.32. The number of benzene rings is 2. The number of rotatable bonds is 5. The van der Waals surface area contributed by atoms with Crippen LogP contribution in [0, 0.1) is 0 Å². The highest BCUT2D eigenvalue weighted by Crippen LogP contribution is 2.34. The Morgan fingerprint density at radius 1 is 0.955 bits per heavy atom. The Hall–Kier alpha value is -2.00. The second-order valence-electron chi connectivity index (χ2n) is 5.72. The maximum Gasteiger partial charge on any atom is 0.120 e. The Labute approximate surface area is 131 Å². The van der Waals surface area contributed by atoms with E-state index >= 15 is 0 Å². The minimum absolute atomic E-state index is 0.401. The van der Waals surface area contributed by atoms with Crippen molar-refractivity contribution in [3.63, 3.8) is 0 Å². The lowest BCUT2D eigenvalue weighted by atomic mass is 10.1.